The van der Waals surface area contributed by atoms with E-state index in [2.05, 4.69) is 0 Å². The lowest BCUT2D eigenvalue weighted by Crippen LogP contribution is -2.60. The van der Waals surface area contributed by atoms with Crippen molar-refractivity contribution in [2.45, 2.75) is 61.5 Å². The van der Waals surface area contributed by atoms with Crippen LogP contribution in [0, 0.1) is 5.92 Å². The second-order valence-corrected chi connectivity index (χ2v) is 5.98. The van der Waals surface area contributed by atoms with E-state index in [9.17, 15) is 30.7 Å². The summed E-state index contributed by atoms with van der Waals surface area (Å²) in [5.41, 5.74) is -5.14. The Morgan fingerprint density at radius 1 is 0.895 bits per heavy atom. The monoisotopic (exact) mass is 408 g/mol. The van der Waals surface area contributed by atoms with Gasteiger partial charge < -0.3 is 0 Å². The van der Waals surface area contributed by atoms with Crippen molar-refractivity contribution in [1.82, 2.24) is 0 Å². The van der Waals surface area contributed by atoms with Crippen molar-refractivity contribution in [3.63, 3.8) is 0 Å². The predicted octanol–water partition coefficient (Wildman–Crippen LogP) is 5.84. The van der Waals surface area contributed by atoms with Gasteiger partial charge in [-0.15, -0.1) is 0 Å². The number of rotatable bonds is 6. The van der Waals surface area contributed by atoms with Crippen molar-refractivity contribution in [3.8, 4) is 0 Å². The molecule has 2 unspecified atom stereocenters. The van der Waals surface area contributed by atoms with Gasteiger partial charge in [-0.3, -0.25) is 0 Å². The van der Waals surface area contributed by atoms with E-state index in [4.69, 9.17) is 0 Å². The third-order valence-electron chi connectivity index (χ3n) is 3.05. The molecule has 0 aliphatic heterocycles. The Morgan fingerprint density at radius 3 is 1.58 bits per heavy atom. The van der Waals surface area contributed by atoms with Crippen LogP contribution in [-0.2, 0) is 0 Å². The van der Waals surface area contributed by atoms with Crippen LogP contribution in [0.25, 0.3) is 0 Å². The Balaban J connectivity index is 5.46. The molecule has 116 valence electrons. The van der Waals surface area contributed by atoms with Gasteiger partial charge in [0.2, 0.25) is 0 Å². The minimum absolute atomic E-state index is 0.132. The van der Waals surface area contributed by atoms with Crippen molar-refractivity contribution in [1.29, 1.82) is 0 Å². The molecule has 0 heterocycles. The molecule has 0 bridgehead atoms. The fraction of sp³-hybridized carbons (Fsp3) is 1.00. The predicted molar refractivity (Wildman–Crippen MR) is 67.1 cm³/mol. The van der Waals surface area contributed by atoms with Crippen LogP contribution in [0.5, 0.6) is 0 Å². The smallest absolute Gasteiger partial charge is 0.223 e. The van der Waals surface area contributed by atoms with Gasteiger partial charge in [-0.05, 0) is 12.8 Å². The van der Waals surface area contributed by atoms with Gasteiger partial charge in [0.1, 0.15) is 0 Å². The summed E-state index contributed by atoms with van der Waals surface area (Å²) in [5, 5.41) is 0. The Bertz CT molecular complexity index is 257. The first-order chi connectivity index (χ1) is 8.43. The second-order valence-electron chi connectivity index (χ2n) is 4.38. The highest BCUT2D eigenvalue weighted by Crippen LogP contribution is 2.54. The highest BCUT2D eigenvalue weighted by atomic mass is 127. The quantitative estimate of drug-likeness (QED) is 0.294. The number of unbranched alkanes of at least 4 members (excludes halogenated alkanes) is 1. The molecule has 0 aromatic rings. The molecule has 19 heavy (non-hydrogen) atoms. The molecular formula is C11H16F7I. The van der Waals surface area contributed by atoms with Crippen LogP contribution in [0.4, 0.5) is 30.7 Å². The fourth-order valence-corrected chi connectivity index (χ4v) is 3.41. The zero-order chi connectivity index (χ0) is 15.5. The van der Waals surface area contributed by atoms with E-state index in [0.717, 1.165) is 6.92 Å². The maximum absolute atomic E-state index is 13.9. The van der Waals surface area contributed by atoms with Crippen molar-refractivity contribution in [2.75, 3.05) is 0 Å². The minimum atomic E-state index is -5.96. The second kappa shape index (κ2) is 6.80. The van der Waals surface area contributed by atoms with Crippen LogP contribution < -0.4 is 0 Å². The first kappa shape index (κ1) is 19.2. The maximum atomic E-state index is 13.9. The lowest BCUT2D eigenvalue weighted by Gasteiger charge is -2.38. The topological polar surface area (TPSA) is 0 Å². The fourth-order valence-electron chi connectivity index (χ4n) is 1.97. The van der Waals surface area contributed by atoms with Gasteiger partial charge in [-0.2, -0.15) is 26.3 Å². The number of halogens is 8. The summed E-state index contributed by atoms with van der Waals surface area (Å²) in [4.78, 5) is 0. The van der Waals surface area contributed by atoms with Gasteiger partial charge in [0.05, 0.1) is 0 Å². The van der Waals surface area contributed by atoms with Crippen molar-refractivity contribution in [3.05, 3.63) is 0 Å². The average molecular weight is 408 g/mol. The molecule has 0 saturated carbocycles. The molecule has 2 atom stereocenters. The maximum Gasteiger partial charge on any atom is 0.431 e. The van der Waals surface area contributed by atoms with Crippen LogP contribution in [0.2, 0.25) is 0 Å². The summed E-state index contributed by atoms with van der Waals surface area (Å²) in [7, 11) is 0. The van der Waals surface area contributed by atoms with Gasteiger partial charge in [0.25, 0.3) is 0 Å². The Hall–Kier alpha value is 0.240. The van der Waals surface area contributed by atoms with E-state index < -0.39 is 34.3 Å². The van der Waals surface area contributed by atoms with E-state index in [-0.39, 0.29) is 6.42 Å². The highest BCUT2D eigenvalue weighted by Gasteiger charge is 2.76. The summed E-state index contributed by atoms with van der Waals surface area (Å²) in [5.74, 6) is -2.13. The van der Waals surface area contributed by atoms with Crippen molar-refractivity contribution >= 4 is 22.6 Å². The molecular weight excluding hydrogens is 392 g/mol. The van der Waals surface area contributed by atoms with E-state index in [1.54, 1.807) is 6.92 Å². The first-order valence-electron chi connectivity index (χ1n) is 5.89. The SMILES string of the molecule is CCCCC(I)C(CC)C(F)(C(F)(F)F)C(F)(F)F. The van der Waals surface area contributed by atoms with E-state index in [1.165, 1.54) is 22.6 Å². The molecule has 0 aromatic heterocycles. The summed E-state index contributed by atoms with van der Waals surface area (Å²) in [6, 6.07) is 0. The first-order valence-corrected chi connectivity index (χ1v) is 7.14. The highest BCUT2D eigenvalue weighted by molar-refractivity contribution is 14.1. The van der Waals surface area contributed by atoms with Gasteiger partial charge >= 0.3 is 18.0 Å². The third kappa shape index (κ3) is 4.10. The van der Waals surface area contributed by atoms with Gasteiger partial charge in [0, 0.05) is 9.84 Å². The van der Waals surface area contributed by atoms with E-state index >= 15 is 0 Å². The van der Waals surface area contributed by atoms with Crippen molar-refractivity contribution in [2.24, 2.45) is 5.92 Å². The van der Waals surface area contributed by atoms with Gasteiger partial charge in [0.15, 0.2) is 0 Å². The van der Waals surface area contributed by atoms with Gasteiger partial charge in [-0.25, -0.2) is 4.39 Å². The lowest BCUT2D eigenvalue weighted by atomic mass is 9.81. The average Bonchev–Trinajstić information content (AvgIpc) is 2.23. The van der Waals surface area contributed by atoms with Crippen LogP contribution in [-0.4, -0.2) is 21.9 Å². The Morgan fingerprint density at radius 2 is 1.32 bits per heavy atom. The largest absolute Gasteiger partial charge is 0.431 e. The number of alkyl halides is 8. The summed E-state index contributed by atoms with van der Waals surface area (Å²) in [6.45, 7) is 2.91. The summed E-state index contributed by atoms with van der Waals surface area (Å²) >= 11 is 1.49. The number of hydrogen-bond donors (Lipinski definition) is 0. The molecule has 0 spiro atoms. The molecule has 8 heteroatoms. The molecule has 0 aliphatic rings. The Labute approximate surface area is 121 Å². The van der Waals surface area contributed by atoms with Crippen molar-refractivity contribution < 1.29 is 30.7 Å². The van der Waals surface area contributed by atoms with Crippen LogP contribution in [0.3, 0.4) is 0 Å². The molecule has 0 saturated heterocycles. The summed E-state index contributed by atoms with van der Waals surface area (Å²) < 4.78 is 88.6. The minimum Gasteiger partial charge on any atom is -0.223 e. The lowest BCUT2D eigenvalue weighted by molar-refractivity contribution is -0.357. The van der Waals surface area contributed by atoms with Crippen LogP contribution >= 0.6 is 22.6 Å². The zero-order valence-electron chi connectivity index (χ0n) is 10.5. The molecule has 0 nitrogen and oxygen atoms in total. The molecule has 0 amide bonds. The molecule has 0 rings (SSSR count). The van der Waals surface area contributed by atoms with E-state index in [1.807, 2.05) is 0 Å². The summed E-state index contributed by atoms with van der Waals surface area (Å²) in [6.07, 6.45) is -11.2. The van der Waals surface area contributed by atoms with Gasteiger partial charge in [-0.1, -0.05) is 49.3 Å². The zero-order valence-corrected chi connectivity index (χ0v) is 12.7. The van der Waals surface area contributed by atoms with Crippen LogP contribution in [0.1, 0.15) is 39.5 Å². The third-order valence-corrected chi connectivity index (χ3v) is 4.54. The number of hydrogen-bond acceptors (Lipinski definition) is 0. The molecule has 0 N–H and O–H groups in total. The Kier molecular flexibility index (Phi) is 6.88. The standard InChI is InChI=1S/C11H16F7I/c1-3-5-6-8(19)7(4-2)9(12,10(13,14)15)11(16,17)18/h7-8H,3-6H2,1-2H3. The molecule has 0 aliphatic carbocycles. The molecule has 0 fully saturated rings. The molecule has 0 radical (unpaired) electrons. The normalized spacial score (nSPS) is 17.4. The molecule has 0 aromatic carbocycles. The van der Waals surface area contributed by atoms with Crippen LogP contribution in [0.15, 0.2) is 0 Å². The van der Waals surface area contributed by atoms with E-state index in [0.29, 0.717) is 12.8 Å².